The number of rotatable bonds is 1. The average molecular weight is 286 g/mol. The molecule has 0 spiro atoms. The number of nitrogens with zero attached hydrogens (tertiary/aromatic N) is 3. The summed E-state index contributed by atoms with van der Waals surface area (Å²) < 4.78 is 7.42. The Labute approximate surface area is 122 Å². The molecule has 0 saturated carbocycles. The van der Waals surface area contributed by atoms with E-state index >= 15 is 0 Å². The van der Waals surface area contributed by atoms with Crippen LogP contribution >= 0.6 is 0 Å². The van der Waals surface area contributed by atoms with Gasteiger partial charge >= 0.3 is 0 Å². The predicted octanol–water partition coefficient (Wildman–Crippen LogP) is 0.891. The summed E-state index contributed by atoms with van der Waals surface area (Å²) in [6.45, 7) is 2.51. The third-order valence-electron chi connectivity index (χ3n) is 4.48. The number of amides is 1. The van der Waals surface area contributed by atoms with Gasteiger partial charge in [0.1, 0.15) is 5.54 Å². The second-order valence-corrected chi connectivity index (χ2v) is 5.78. The Morgan fingerprint density at radius 1 is 1.24 bits per heavy atom. The highest BCUT2D eigenvalue weighted by Gasteiger charge is 2.42. The summed E-state index contributed by atoms with van der Waals surface area (Å²) >= 11 is 0. The summed E-state index contributed by atoms with van der Waals surface area (Å²) in [5.41, 5.74) is 7.50. The zero-order valence-electron chi connectivity index (χ0n) is 11.8. The molecular weight excluding hydrogens is 268 g/mol. The van der Waals surface area contributed by atoms with Crippen molar-refractivity contribution >= 4 is 22.9 Å². The number of imidazole rings is 1. The molecule has 0 unspecified atom stereocenters. The van der Waals surface area contributed by atoms with Gasteiger partial charge in [-0.2, -0.15) is 0 Å². The maximum absolute atomic E-state index is 12.9. The van der Waals surface area contributed by atoms with Crippen LogP contribution in [0.4, 0.5) is 5.95 Å². The Morgan fingerprint density at radius 3 is 2.81 bits per heavy atom. The Morgan fingerprint density at radius 2 is 2.00 bits per heavy atom. The zero-order chi connectivity index (χ0) is 14.4. The van der Waals surface area contributed by atoms with Crippen LogP contribution in [0.2, 0.25) is 0 Å². The lowest BCUT2D eigenvalue weighted by atomic mass is 9.90. The molecule has 0 bridgehead atoms. The first kappa shape index (κ1) is 12.8. The van der Waals surface area contributed by atoms with Gasteiger partial charge in [0.2, 0.25) is 11.9 Å². The highest BCUT2D eigenvalue weighted by atomic mass is 16.5. The molecule has 2 N–H and O–H groups in total. The third-order valence-corrected chi connectivity index (χ3v) is 4.48. The molecule has 4 rings (SSSR count). The maximum Gasteiger partial charge on any atom is 0.249 e. The molecule has 1 fully saturated rings. The predicted molar refractivity (Wildman–Crippen MR) is 79.1 cm³/mol. The number of hydrogen-bond donors (Lipinski definition) is 1. The van der Waals surface area contributed by atoms with Crippen molar-refractivity contribution in [1.29, 1.82) is 0 Å². The topological polar surface area (TPSA) is 73.4 Å². The molecule has 1 amide bonds. The quantitative estimate of drug-likeness (QED) is 0.845. The van der Waals surface area contributed by atoms with Crippen LogP contribution in [0.5, 0.6) is 0 Å². The van der Waals surface area contributed by atoms with Gasteiger partial charge in [-0.3, -0.25) is 9.69 Å². The van der Waals surface area contributed by atoms with Crippen LogP contribution in [0.15, 0.2) is 24.3 Å². The number of ether oxygens (including phenoxy) is 1. The Bertz CT molecular complexity index is 703. The number of carbonyl (C=O) groups is 1. The number of fused-ring (bicyclic) bond motifs is 3. The summed E-state index contributed by atoms with van der Waals surface area (Å²) in [4.78, 5) is 19.2. The second kappa shape index (κ2) is 4.54. The van der Waals surface area contributed by atoms with Crippen molar-refractivity contribution in [3.8, 4) is 0 Å². The van der Waals surface area contributed by atoms with E-state index < -0.39 is 5.54 Å². The van der Waals surface area contributed by atoms with E-state index in [1.807, 2.05) is 24.3 Å². The van der Waals surface area contributed by atoms with E-state index in [1.165, 1.54) is 0 Å². The minimum Gasteiger partial charge on any atom is -0.381 e. The molecule has 1 aromatic carbocycles. The van der Waals surface area contributed by atoms with E-state index in [0.29, 0.717) is 32.6 Å². The molecule has 21 heavy (non-hydrogen) atoms. The monoisotopic (exact) mass is 286 g/mol. The number of hydrogen-bond acceptors (Lipinski definition) is 4. The van der Waals surface area contributed by atoms with Crippen molar-refractivity contribution in [1.82, 2.24) is 9.55 Å². The molecule has 1 aromatic heterocycles. The van der Waals surface area contributed by atoms with E-state index in [9.17, 15) is 4.79 Å². The van der Waals surface area contributed by atoms with Crippen molar-refractivity contribution in [2.24, 2.45) is 5.73 Å². The van der Waals surface area contributed by atoms with Crippen molar-refractivity contribution < 1.29 is 9.53 Å². The second-order valence-electron chi connectivity index (χ2n) is 5.78. The fourth-order valence-electron chi connectivity index (χ4n) is 3.20. The Hall–Kier alpha value is -1.92. The van der Waals surface area contributed by atoms with Crippen LogP contribution in [0, 0.1) is 0 Å². The van der Waals surface area contributed by atoms with Gasteiger partial charge in [-0.05, 0) is 25.0 Å². The van der Waals surface area contributed by atoms with Gasteiger partial charge in [0.15, 0.2) is 0 Å². The number of carbonyl (C=O) groups excluding carboxylic acids is 1. The van der Waals surface area contributed by atoms with E-state index in [0.717, 1.165) is 23.5 Å². The number of para-hydroxylation sites is 2. The van der Waals surface area contributed by atoms with E-state index in [1.54, 1.807) is 4.90 Å². The molecule has 0 atom stereocenters. The first-order valence-electron chi connectivity index (χ1n) is 7.33. The standard InChI is InChI=1S/C15H18N4O2/c16-15(5-9-21-10-6-15)13(20)19-8-7-18-12-4-2-1-3-11(12)17-14(18)19/h1-4H,5-10,16H2. The van der Waals surface area contributed by atoms with Crippen molar-refractivity contribution in [2.75, 3.05) is 24.7 Å². The number of anilines is 1. The largest absolute Gasteiger partial charge is 0.381 e. The molecule has 6 nitrogen and oxygen atoms in total. The molecule has 0 radical (unpaired) electrons. The summed E-state index contributed by atoms with van der Waals surface area (Å²) in [6, 6.07) is 7.95. The number of nitrogens with two attached hydrogens (primary N) is 1. The van der Waals surface area contributed by atoms with Crippen molar-refractivity contribution in [3.63, 3.8) is 0 Å². The smallest absolute Gasteiger partial charge is 0.249 e. The fourth-order valence-corrected chi connectivity index (χ4v) is 3.20. The summed E-state index contributed by atoms with van der Waals surface area (Å²) in [6.07, 6.45) is 1.14. The van der Waals surface area contributed by atoms with Crippen LogP contribution in [0.1, 0.15) is 12.8 Å². The molecular formula is C15H18N4O2. The van der Waals surface area contributed by atoms with Gasteiger partial charge in [-0.15, -0.1) is 0 Å². The highest BCUT2D eigenvalue weighted by Crippen LogP contribution is 2.30. The normalized spacial score (nSPS) is 20.7. The fraction of sp³-hybridized carbons (Fsp3) is 0.467. The first-order valence-corrected chi connectivity index (χ1v) is 7.33. The lowest BCUT2D eigenvalue weighted by Gasteiger charge is -2.34. The molecule has 110 valence electrons. The van der Waals surface area contributed by atoms with Gasteiger partial charge in [0, 0.05) is 26.3 Å². The minimum atomic E-state index is -0.814. The van der Waals surface area contributed by atoms with Gasteiger partial charge < -0.3 is 15.0 Å². The zero-order valence-corrected chi connectivity index (χ0v) is 11.8. The molecule has 2 aliphatic heterocycles. The van der Waals surface area contributed by atoms with Gasteiger partial charge in [0.05, 0.1) is 11.0 Å². The average Bonchev–Trinajstić information content (AvgIpc) is 3.06. The van der Waals surface area contributed by atoms with Crippen LogP contribution < -0.4 is 10.6 Å². The number of benzene rings is 1. The van der Waals surface area contributed by atoms with Gasteiger partial charge in [-0.25, -0.2) is 4.98 Å². The summed E-state index contributed by atoms with van der Waals surface area (Å²) in [5, 5.41) is 0. The molecule has 3 heterocycles. The van der Waals surface area contributed by atoms with Crippen LogP contribution in [0.3, 0.4) is 0 Å². The summed E-state index contributed by atoms with van der Waals surface area (Å²) in [5.74, 6) is 0.692. The van der Waals surface area contributed by atoms with E-state index in [-0.39, 0.29) is 5.91 Å². The van der Waals surface area contributed by atoms with Crippen LogP contribution in [0.25, 0.3) is 11.0 Å². The van der Waals surface area contributed by atoms with Crippen LogP contribution in [-0.2, 0) is 16.1 Å². The molecule has 1 saturated heterocycles. The molecule has 2 aliphatic rings. The molecule has 6 heteroatoms. The lowest BCUT2D eigenvalue weighted by molar-refractivity contribution is -0.127. The third kappa shape index (κ3) is 1.86. The first-order chi connectivity index (χ1) is 10.2. The lowest BCUT2D eigenvalue weighted by Crippen LogP contribution is -2.58. The SMILES string of the molecule is NC1(C(=O)N2CCn3c2nc2ccccc23)CCOCC1. The van der Waals surface area contributed by atoms with Crippen molar-refractivity contribution in [3.05, 3.63) is 24.3 Å². The minimum absolute atomic E-state index is 0.0279. The van der Waals surface area contributed by atoms with Crippen molar-refractivity contribution in [2.45, 2.75) is 24.9 Å². The highest BCUT2D eigenvalue weighted by molar-refractivity contribution is 6.00. The van der Waals surface area contributed by atoms with E-state index in [4.69, 9.17) is 10.5 Å². The maximum atomic E-state index is 12.9. The molecule has 2 aromatic rings. The van der Waals surface area contributed by atoms with Crippen LogP contribution in [-0.4, -0.2) is 40.8 Å². The number of aromatic nitrogens is 2. The van der Waals surface area contributed by atoms with Gasteiger partial charge in [-0.1, -0.05) is 12.1 Å². The molecule has 0 aliphatic carbocycles. The van der Waals surface area contributed by atoms with E-state index in [2.05, 4.69) is 9.55 Å². The summed E-state index contributed by atoms with van der Waals surface area (Å²) in [7, 11) is 0. The Balaban J connectivity index is 1.71. The van der Waals surface area contributed by atoms with Gasteiger partial charge in [0.25, 0.3) is 0 Å². The Kier molecular flexibility index (Phi) is 2.77.